The predicted octanol–water partition coefficient (Wildman–Crippen LogP) is 4.17. The Hall–Kier alpha value is -3.22. The Balaban J connectivity index is 1.66. The van der Waals surface area contributed by atoms with Crippen molar-refractivity contribution in [1.29, 1.82) is 0 Å². The largest absolute Gasteiger partial charge is 0.472 e. The van der Waals surface area contributed by atoms with Crippen LogP contribution in [-0.2, 0) is 42.9 Å². The number of aliphatic hydroxyl groups is 2. The first kappa shape index (κ1) is 34.6. The average molecular weight is 673 g/mol. The van der Waals surface area contributed by atoms with E-state index in [0.29, 0.717) is 30.4 Å². The zero-order valence-electron chi connectivity index (χ0n) is 29.2. The Kier molecular flexibility index (Phi) is 7.86. The van der Waals surface area contributed by atoms with Crippen molar-refractivity contribution < 1.29 is 57.5 Å². The third kappa shape index (κ3) is 4.05. The van der Waals surface area contributed by atoms with E-state index in [0.717, 1.165) is 0 Å². The first-order valence-electron chi connectivity index (χ1n) is 16.9. The van der Waals surface area contributed by atoms with E-state index in [4.69, 9.17) is 28.1 Å². The molecule has 4 fully saturated rings. The van der Waals surface area contributed by atoms with Crippen LogP contribution in [0.5, 0.6) is 0 Å². The third-order valence-corrected chi connectivity index (χ3v) is 12.8. The minimum Gasteiger partial charge on any atom is -0.472 e. The molecule has 2 bridgehead atoms. The van der Waals surface area contributed by atoms with Crippen LogP contribution >= 0.6 is 0 Å². The van der Waals surface area contributed by atoms with E-state index in [-0.39, 0.29) is 6.42 Å². The molecule has 5 aliphatic rings. The van der Waals surface area contributed by atoms with Crippen LogP contribution in [0.4, 0.5) is 0 Å². The molecule has 11 atom stereocenters. The van der Waals surface area contributed by atoms with Crippen LogP contribution in [0.3, 0.4) is 0 Å². The van der Waals surface area contributed by atoms with Crippen LogP contribution in [-0.4, -0.2) is 70.4 Å². The molecule has 0 amide bonds. The number of cyclic esters (lactones) is 1. The lowest BCUT2D eigenvalue weighted by molar-refractivity contribution is -0.386. The number of rotatable bonds is 8. The first-order valence-corrected chi connectivity index (χ1v) is 16.9. The molecule has 4 heterocycles. The fourth-order valence-electron chi connectivity index (χ4n) is 10.2. The molecule has 12 nitrogen and oxygen atoms in total. The lowest BCUT2D eigenvalue weighted by Crippen LogP contribution is -2.84. The molecule has 1 spiro atoms. The molecule has 2 saturated carbocycles. The zero-order chi connectivity index (χ0) is 35.4. The van der Waals surface area contributed by atoms with E-state index >= 15 is 0 Å². The molecular weight excluding hydrogens is 624 g/mol. The number of ether oxygens (including phenoxy) is 5. The van der Waals surface area contributed by atoms with Gasteiger partial charge in [-0.1, -0.05) is 55.4 Å². The van der Waals surface area contributed by atoms with Gasteiger partial charge in [0.1, 0.15) is 17.8 Å². The monoisotopic (exact) mass is 672 g/mol. The highest BCUT2D eigenvalue weighted by molar-refractivity contribution is 5.86. The van der Waals surface area contributed by atoms with Gasteiger partial charge >= 0.3 is 23.9 Å². The summed E-state index contributed by atoms with van der Waals surface area (Å²) in [6.45, 7) is 14.0. The number of hydrogen-bond acceptors (Lipinski definition) is 12. The Morgan fingerprint density at radius 1 is 1.04 bits per heavy atom. The molecule has 3 aliphatic heterocycles. The molecule has 0 radical (unpaired) electrons. The molecule has 2 saturated heterocycles. The molecule has 6 rings (SSSR count). The van der Waals surface area contributed by atoms with Crippen molar-refractivity contribution in [1.82, 2.24) is 0 Å². The summed E-state index contributed by atoms with van der Waals surface area (Å²) >= 11 is 0. The zero-order valence-corrected chi connectivity index (χ0v) is 29.2. The fourth-order valence-corrected chi connectivity index (χ4v) is 10.2. The van der Waals surface area contributed by atoms with E-state index in [9.17, 15) is 29.4 Å². The minimum absolute atomic E-state index is 0.197. The summed E-state index contributed by atoms with van der Waals surface area (Å²) in [6.07, 6.45) is 1.36. The van der Waals surface area contributed by atoms with Crippen molar-refractivity contribution in [2.24, 2.45) is 39.9 Å². The second kappa shape index (κ2) is 10.9. The van der Waals surface area contributed by atoms with Gasteiger partial charge in [-0.2, -0.15) is 0 Å². The number of furan rings is 1. The molecule has 1 aromatic heterocycles. The molecule has 264 valence electrons. The van der Waals surface area contributed by atoms with Crippen LogP contribution in [0.1, 0.15) is 92.7 Å². The summed E-state index contributed by atoms with van der Waals surface area (Å²) in [7, 11) is 1.27. The van der Waals surface area contributed by atoms with Gasteiger partial charge in [0.25, 0.3) is 0 Å². The number of esters is 4. The van der Waals surface area contributed by atoms with Gasteiger partial charge in [-0.05, 0) is 36.8 Å². The lowest BCUT2D eigenvalue weighted by atomic mass is 9.36. The molecular formula is C36H48O12. The molecule has 12 heteroatoms. The van der Waals surface area contributed by atoms with Gasteiger partial charge in [0.15, 0.2) is 11.7 Å². The molecule has 11 unspecified atom stereocenters. The van der Waals surface area contributed by atoms with E-state index in [1.54, 1.807) is 47.6 Å². The van der Waals surface area contributed by atoms with E-state index in [1.807, 2.05) is 13.8 Å². The third-order valence-electron chi connectivity index (χ3n) is 12.8. The number of carbonyl (C=O) groups excluding carboxylic acids is 4. The summed E-state index contributed by atoms with van der Waals surface area (Å²) < 4.78 is 35.8. The summed E-state index contributed by atoms with van der Waals surface area (Å²) in [6, 6.07) is 1.71. The van der Waals surface area contributed by atoms with Gasteiger partial charge in [0.05, 0.1) is 31.5 Å². The topological polar surface area (TPSA) is 168 Å². The molecule has 2 N–H and O–H groups in total. The van der Waals surface area contributed by atoms with Gasteiger partial charge in [0, 0.05) is 40.2 Å². The van der Waals surface area contributed by atoms with Crippen molar-refractivity contribution >= 4 is 23.9 Å². The second-order valence-corrected chi connectivity index (χ2v) is 15.8. The van der Waals surface area contributed by atoms with Gasteiger partial charge in [-0.25, -0.2) is 4.79 Å². The molecule has 0 aromatic carbocycles. The van der Waals surface area contributed by atoms with Crippen molar-refractivity contribution in [3.05, 3.63) is 35.8 Å². The Bertz CT molecular complexity index is 1550. The smallest absolute Gasteiger partial charge is 0.331 e. The van der Waals surface area contributed by atoms with E-state index in [1.165, 1.54) is 25.7 Å². The Labute approximate surface area is 280 Å². The highest BCUT2D eigenvalue weighted by Crippen LogP contribution is 2.82. The minimum atomic E-state index is -2.55. The van der Waals surface area contributed by atoms with Gasteiger partial charge < -0.3 is 38.3 Å². The normalized spacial score (nSPS) is 42.6. The summed E-state index contributed by atoms with van der Waals surface area (Å²) in [5.74, 6) is -7.76. The summed E-state index contributed by atoms with van der Waals surface area (Å²) in [5, 5.41) is 26.5. The molecule has 2 aliphatic carbocycles. The number of fused-ring (bicyclic) bond motifs is 2. The second-order valence-electron chi connectivity index (χ2n) is 15.8. The van der Waals surface area contributed by atoms with Crippen LogP contribution in [0, 0.1) is 39.9 Å². The fraction of sp³-hybridized carbons (Fsp3) is 0.722. The molecule has 1 aromatic rings. The standard InChI is InChI=1S/C36H48O12/c1-10-19(4)28(40)47-30-34-21(11-13-32(7)23(34)16-25(38)45-26(32)20-12-14-44-17-20)33(8)22(15-24(37)43-9)31(5,6)29(46-27(39)18(2)3)35(30,41)36(33,42)48-34/h12,14,16-19,21-22,26,29-30,41-42H,10-11,13,15H2,1-9H3. The summed E-state index contributed by atoms with van der Waals surface area (Å²) in [4.78, 5) is 53.8. The highest BCUT2D eigenvalue weighted by Gasteiger charge is 2.96. The van der Waals surface area contributed by atoms with E-state index in [2.05, 4.69) is 0 Å². The van der Waals surface area contributed by atoms with Crippen molar-refractivity contribution in [3.8, 4) is 0 Å². The van der Waals surface area contributed by atoms with Crippen LogP contribution in [0.25, 0.3) is 0 Å². The number of methoxy groups -OCH3 is 1. The maximum Gasteiger partial charge on any atom is 0.331 e. The SMILES string of the molecule is CCC(C)C(=O)OC1C23OC4(O)C(C)(C(CC(=O)OC)C(C)(C)C(OC(=O)C(C)C)C14O)C2CCC1(C)C3=CC(=O)OC1c1ccoc1. The number of hydrogen-bond donors (Lipinski definition) is 2. The maximum atomic E-state index is 13.8. The van der Waals surface area contributed by atoms with Crippen molar-refractivity contribution in [2.45, 2.75) is 116 Å². The van der Waals surface area contributed by atoms with Crippen LogP contribution < -0.4 is 0 Å². The van der Waals surface area contributed by atoms with Gasteiger partial charge in [-0.15, -0.1) is 0 Å². The Morgan fingerprint density at radius 3 is 2.29 bits per heavy atom. The van der Waals surface area contributed by atoms with Crippen LogP contribution in [0.2, 0.25) is 0 Å². The van der Waals surface area contributed by atoms with Crippen LogP contribution in [0.15, 0.2) is 34.7 Å². The van der Waals surface area contributed by atoms with Gasteiger partial charge in [-0.3, -0.25) is 14.4 Å². The highest BCUT2D eigenvalue weighted by atomic mass is 16.7. The maximum absolute atomic E-state index is 13.8. The predicted molar refractivity (Wildman–Crippen MR) is 166 cm³/mol. The summed E-state index contributed by atoms with van der Waals surface area (Å²) in [5.41, 5.74) is -6.92. The quantitative estimate of drug-likeness (QED) is 0.299. The van der Waals surface area contributed by atoms with Gasteiger partial charge in [0.2, 0.25) is 5.79 Å². The first-order chi connectivity index (χ1) is 22.3. The lowest BCUT2D eigenvalue weighted by Gasteiger charge is -2.69. The Morgan fingerprint density at radius 2 is 1.71 bits per heavy atom. The average Bonchev–Trinajstić information content (AvgIpc) is 3.68. The van der Waals surface area contributed by atoms with Crippen molar-refractivity contribution in [2.75, 3.05) is 7.11 Å². The molecule has 48 heavy (non-hydrogen) atoms. The van der Waals surface area contributed by atoms with Crippen molar-refractivity contribution in [3.63, 3.8) is 0 Å². The van der Waals surface area contributed by atoms with E-state index < -0.39 is 99.1 Å². The number of carbonyl (C=O) groups is 4.